The number of rotatable bonds is 7. The van der Waals surface area contributed by atoms with Crippen LogP contribution in [0.5, 0.6) is 0 Å². The molecular formula is C20H25ClN4OS. The number of hydrogen-bond acceptors (Lipinski definition) is 5. The van der Waals surface area contributed by atoms with Crippen molar-refractivity contribution in [2.45, 2.75) is 50.1 Å². The van der Waals surface area contributed by atoms with Gasteiger partial charge in [-0.1, -0.05) is 42.4 Å². The molecule has 1 unspecified atom stereocenters. The number of amides is 1. The predicted octanol–water partition coefficient (Wildman–Crippen LogP) is 4.55. The molecular weight excluding hydrogens is 380 g/mol. The van der Waals surface area contributed by atoms with Crippen molar-refractivity contribution in [2.75, 3.05) is 18.0 Å². The van der Waals surface area contributed by atoms with Gasteiger partial charge in [0.15, 0.2) is 5.16 Å². The number of hydrogen-bond donors (Lipinski definition) is 1. The number of aromatic nitrogens is 2. The minimum Gasteiger partial charge on any atom is -0.356 e. The second-order valence-corrected chi connectivity index (χ2v) is 8.13. The molecule has 0 spiro atoms. The number of nitrogens with zero attached hydrogens (tertiary/aromatic N) is 3. The molecule has 1 aromatic heterocycles. The van der Waals surface area contributed by atoms with Crippen LogP contribution in [-0.4, -0.2) is 35.0 Å². The summed E-state index contributed by atoms with van der Waals surface area (Å²) in [7, 11) is 0. The maximum absolute atomic E-state index is 12.3. The van der Waals surface area contributed by atoms with Gasteiger partial charge in [-0.05, 0) is 43.9 Å². The number of benzene rings is 1. The molecule has 1 atom stereocenters. The Hall–Kier alpha value is -1.79. The fraction of sp³-hybridized carbons (Fsp3) is 0.450. The molecule has 1 aromatic carbocycles. The van der Waals surface area contributed by atoms with Gasteiger partial charge in [0, 0.05) is 36.5 Å². The summed E-state index contributed by atoms with van der Waals surface area (Å²) in [6.45, 7) is 6.10. The van der Waals surface area contributed by atoms with E-state index in [-0.39, 0.29) is 11.9 Å². The minimum atomic E-state index is -0.0356. The lowest BCUT2D eigenvalue weighted by Crippen LogP contribution is -2.31. The summed E-state index contributed by atoms with van der Waals surface area (Å²) >= 11 is 7.73. The van der Waals surface area contributed by atoms with Crippen LogP contribution in [0.3, 0.4) is 0 Å². The summed E-state index contributed by atoms with van der Waals surface area (Å²) in [6, 6.07) is 9.69. The second-order valence-electron chi connectivity index (χ2n) is 6.80. The van der Waals surface area contributed by atoms with Crippen molar-refractivity contribution < 1.29 is 4.79 Å². The van der Waals surface area contributed by atoms with E-state index < -0.39 is 0 Å². The summed E-state index contributed by atoms with van der Waals surface area (Å²) in [5, 5.41) is 4.13. The third kappa shape index (κ3) is 5.59. The van der Waals surface area contributed by atoms with Crippen LogP contribution >= 0.6 is 23.4 Å². The Morgan fingerprint density at radius 2 is 2.07 bits per heavy atom. The summed E-state index contributed by atoms with van der Waals surface area (Å²) in [5.41, 5.74) is 1.74. The van der Waals surface area contributed by atoms with Gasteiger partial charge in [0.25, 0.3) is 5.91 Å². The minimum absolute atomic E-state index is 0.0356. The van der Waals surface area contributed by atoms with Crippen molar-refractivity contribution in [2.24, 2.45) is 0 Å². The zero-order chi connectivity index (χ0) is 19.2. The number of carbonyl (C=O) groups excluding carboxylic acids is 1. The monoisotopic (exact) mass is 404 g/mol. The first kappa shape index (κ1) is 20.0. The van der Waals surface area contributed by atoms with E-state index in [1.54, 1.807) is 0 Å². The van der Waals surface area contributed by atoms with Gasteiger partial charge in [-0.2, -0.15) is 0 Å². The Labute approximate surface area is 169 Å². The van der Waals surface area contributed by atoms with E-state index in [0.717, 1.165) is 30.9 Å². The number of halogens is 1. The number of anilines is 1. The van der Waals surface area contributed by atoms with E-state index in [1.807, 2.05) is 37.3 Å². The zero-order valence-electron chi connectivity index (χ0n) is 15.7. The molecule has 1 fully saturated rings. The van der Waals surface area contributed by atoms with Crippen LogP contribution in [-0.2, 0) is 5.75 Å². The van der Waals surface area contributed by atoms with E-state index in [0.29, 0.717) is 21.6 Å². The Morgan fingerprint density at radius 3 is 2.81 bits per heavy atom. The average Bonchev–Trinajstić information content (AvgIpc) is 3.21. The Kier molecular flexibility index (Phi) is 6.96. The molecule has 0 aliphatic carbocycles. The molecule has 5 nitrogen and oxygen atoms in total. The molecule has 1 aliphatic rings. The van der Waals surface area contributed by atoms with Crippen LogP contribution in [0.1, 0.15) is 49.0 Å². The van der Waals surface area contributed by atoms with Gasteiger partial charge in [-0.25, -0.2) is 9.97 Å². The van der Waals surface area contributed by atoms with E-state index >= 15 is 0 Å². The van der Waals surface area contributed by atoms with Gasteiger partial charge < -0.3 is 10.2 Å². The predicted molar refractivity (Wildman–Crippen MR) is 112 cm³/mol. The molecule has 3 rings (SSSR count). The molecule has 1 aliphatic heterocycles. The van der Waals surface area contributed by atoms with E-state index in [2.05, 4.69) is 27.1 Å². The largest absolute Gasteiger partial charge is 0.356 e. The SMILES string of the molecule is CCC(C)NC(=O)c1cccc(CSc2nc(Cl)cc(N3CCCC3)n2)c1. The van der Waals surface area contributed by atoms with Gasteiger partial charge >= 0.3 is 0 Å². The van der Waals surface area contributed by atoms with Crippen LogP contribution in [0.15, 0.2) is 35.5 Å². The van der Waals surface area contributed by atoms with Gasteiger partial charge in [-0.3, -0.25) is 4.79 Å². The zero-order valence-corrected chi connectivity index (χ0v) is 17.3. The highest BCUT2D eigenvalue weighted by Gasteiger charge is 2.16. The van der Waals surface area contributed by atoms with Crippen LogP contribution in [0, 0.1) is 0 Å². The fourth-order valence-corrected chi connectivity index (χ4v) is 3.94. The number of carbonyl (C=O) groups is 1. The van der Waals surface area contributed by atoms with Gasteiger partial charge in [0.2, 0.25) is 0 Å². The van der Waals surface area contributed by atoms with Gasteiger partial charge in [0.05, 0.1) is 0 Å². The third-order valence-electron chi connectivity index (χ3n) is 4.64. The fourth-order valence-electron chi connectivity index (χ4n) is 2.92. The van der Waals surface area contributed by atoms with Crippen molar-refractivity contribution in [3.8, 4) is 0 Å². The second kappa shape index (κ2) is 9.42. The lowest BCUT2D eigenvalue weighted by atomic mass is 10.1. The molecule has 0 bridgehead atoms. The molecule has 144 valence electrons. The van der Waals surface area contributed by atoms with E-state index in [4.69, 9.17) is 11.6 Å². The number of thioether (sulfide) groups is 1. The van der Waals surface area contributed by atoms with Crippen molar-refractivity contribution in [1.82, 2.24) is 15.3 Å². The molecule has 0 saturated carbocycles. The summed E-state index contributed by atoms with van der Waals surface area (Å²) < 4.78 is 0. The van der Waals surface area contributed by atoms with E-state index in [9.17, 15) is 4.79 Å². The third-order valence-corrected chi connectivity index (χ3v) is 5.75. The number of nitrogens with one attached hydrogen (secondary N) is 1. The molecule has 7 heteroatoms. The Bertz CT molecular complexity index is 795. The highest BCUT2D eigenvalue weighted by molar-refractivity contribution is 7.98. The van der Waals surface area contributed by atoms with E-state index in [1.165, 1.54) is 24.6 Å². The van der Waals surface area contributed by atoms with Crippen LogP contribution in [0.2, 0.25) is 5.15 Å². The van der Waals surface area contributed by atoms with Crippen LogP contribution in [0.4, 0.5) is 5.82 Å². The first-order valence-electron chi connectivity index (χ1n) is 9.37. The van der Waals surface area contributed by atoms with Crippen molar-refractivity contribution in [3.63, 3.8) is 0 Å². The lowest BCUT2D eigenvalue weighted by molar-refractivity contribution is 0.0939. The molecule has 2 heterocycles. The molecule has 1 N–H and O–H groups in total. The summed E-state index contributed by atoms with van der Waals surface area (Å²) in [5.74, 6) is 1.55. The van der Waals surface area contributed by atoms with Crippen molar-refractivity contribution in [1.29, 1.82) is 0 Å². The topological polar surface area (TPSA) is 58.1 Å². The van der Waals surface area contributed by atoms with Crippen molar-refractivity contribution in [3.05, 3.63) is 46.6 Å². The van der Waals surface area contributed by atoms with Crippen LogP contribution < -0.4 is 10.2 Å². The molecule has 1 saturated heterocycles. The Balaban J connectivity index is 1.66. The molecule has 1 amide bonds. The highest BCUT2D eigenvalue weighted by atomic mass is 35.5. The highest BCUT2D eigenvalue weighted by Crippen LogP contribution is 2.26. The quantitative estimate of drug-likeness (QED) is 0.416. The Morgan fingerprint density at radius 1 is 1.30 bits per heavy atom. The first-order valence-corrected chi connectivity index (χ1v) is 10.7. The smallest absolute Gasteiger partial charge is 0.251 e. The first-order chi connectivity index (χ1) is 13.0. The normalized spacial score (nSPS) is 15.0. The summed E-state index contributed by atoms with van der Waals surface area (Å²) in [6.07, 6.45) is 3.29. The maximum atomic E-state index is 12.3. The van der Waals surface area contributed by atoms with Crippen LogP contribution in [0.25, 0.3) is 0 Å². The maximum Gasteiger partial charge on any atom is 0.251 e. The standard InChI is InChI=1S/C20H25ClN4OS/c1-3-14(2)22-19(26)16-8-6-7-15(11-16)13-27-20-23-17(21)12-18(24-20)25-9-4-5-10-25/h6-8,11-12,14H,3-5,9-10,13H2,1-2H3,(H,22,26). The molecule has 0 radical (unpaired) electrons. The average molecular weight is 405 g/mol. The van der Waals surface area contributed by atoms with Gasteiger partial charge in [-0.15, -0.1) is 0 Å². The van der Waals surface area contributed by atoms with Gasteiger partial charge in [0.1, 0.15) is 11.0 Å². The molecule has 27 heavy (non-hydrogen) atoms. The molecule has 2 aromatic rings. The lowest BCUT2D eigenvalue weighted by Gasteiger charge is -2.16. The van der Waals surface area contributed by atoms with Crippen molar-refractivity contribution >= 4 is 35.1 Å². The summed E-state index contributed by atoms with van der Waals surface area (Å²) in [4.78, 5) is 23.6.